The van der Waals surface area contributed by atoms with Crippen molar-refractivity contribution in [3.8, 4) is 0 Å². The van der Waals surface area contributed by atoms with E-state index in [0.29, 0.717) is 19.3 Å². The molecule has 0 aliphatic carbocycles. The van der Waals surface area contributed by atoms with Crippen LogP contribution >= 0.6 is 0 Å². The Hall–Kier alpha value is -3.93. The highest BCUT2D eigenvalue weighted by Crippen LogP contribution is 2.15. The Bertz CT molecular complexity index is 1460. The van der Waals surface area contributed by atoms with Gasteiger partial charge in [0.15, 0.2) is 6.10 Å². The lowest BCUT2D eigenvalue weighted by atomic mass is 10.1. The summed E-state index contributed by atoms with van der Waals surface area (Å²) in [4.78, 5) is 37.8. The maximum atomic E-state index is 12.7. The quantitative estimate of drug-likeness (QED) is 0.0261. The molecule has 0 bridgehead atoms. The molecule has 1 atom stereocenters. The molecule has 0 fully saturated rings. The standard InChI is InChI=1S/C65H108O6/c1-4-7-10-13-16-18-20-22-23-24-25-26-27-28-29-30-31-32-33-34-35-36-37-38-39-40-41-42-43-44-46-47-49-52-55-58-64(67)70-61-62(60-69-63(66)57-54-51-15-12-9-6-3)71-65(68)59-56-53-50-48-45-21-19-17-14-11-8-5-2/h7,10,16-19,22-23,25-26,28-29,31-32,34-35,37-38,62H,4-6,8-9,11-15,20-21,24,27,30,33,36,39-61H2,1-3H3/b10-7-,18-16-,19-17-,23-22-,26-25-,29-28-,32-31-,35-34-,38-37-. The van der Waals surface area contributed by atoms with Crippen molar-refractivity contribution in [2.24, 2.45) is 0 Å². The first-order chi connectivity index (χ1) is 35.0. The largest absolute Gasteiger partial charge is 0.462 e. The number of carbonyl (C=O) groups excluding carboxylic acids is 3. The minimum atomic E-state index is -0.779. The van der Waals surface area contributed by atoms with Crippen LogP contribution in [0.25, 0.3) is 0 Å². The molecule has 1 unspecified atom stereocenters. The van der Waals surface area contributed by atoms with E-state index in [4.69, 9.17) is 14.2 Å². The van der Waals surface area contributed by atoms with Crippen LogP contribution in [0.1, 0.15) is 265 Å². The minimum Gasteiger partial charge on any atom is -0.462 e. The molecule has 0 saturated carbocycles. The first-order valence-corrected chi connectivity index (χ1v) is 29.4. The Labute approximate surface area is 438 Å². The van der Waals surface area contributed by atoms with Crippen LogP contribution in [0.2, 0.25) is 0 Å². The molecule has 0 aromatic rings. The lowest BCUT2D eigenvalue weighted by molar-refractivity contribution is -0.167. The van der Waals surface area contributed by atoms with E-state index in [1.54, 1.807) is 0 Å². The first-order valence-electron chi connectivity index (χ1n) is 29.4. The Balaban J connectivity index is 4.03. The first kappa shape index (κ1) is 67.1. The molecule has 0 spiro atoms. The van der Waals surface area contributed by atoms with Crippen molar-refractivity contribution >= 4 is 17.9 Å². The van der Waals surface area contributed by atoms with E-state index in [0.717, 1.165) is 122 Å². The van der Waals surface area contributed by atoms with E-state index >= 15 is 0 Å². The second-order valence-corrected chi connectivity index (χ2v) is 19.2. The van der Waals surface area contributed by atoms with Gasteiger partial charge in [0.1, 0.15) is 13.2 Å². The van der Waals surface area contributed by atoms with Crippen LogP contribution in [0.15, 0.2) is 109 Å². The average Bonchev–Trinajstić information content (AvgIpc) is 3.37. The van der Waals surface area contributed by atoms with E-state index in [9.17, 15) is 14.4 Å². The summed E-state index contributed by atoms with van der Waals surface area (Å²) < 4.78 is 16.7. The van der Waals surface area contributed by atoms with Crippen LogP contribution in [0.5, 0.6) is 0 Å². The monoisotopic (exact) mass is 985 g/mol. The predicted octanol–water partition coefficient (Wildman–Crippen LogP) is 19.9. The summed E-state index contributed by atoms with van der Waals surface area (Å²) in [5.41, 5.74) is 0. The Morgan fingerprint density at radius 2 is 0.549 bits per heavy atom. The highest BCUT2D eigenvalue weighted by atomic mass is 16.6. The molecule has 0 aromatic carbocycles. The van der Waals surface area contributed by atoms with Crippen molar-refractivity contribution < 1.29 is 28.6 Å². The van der Waals surface area contributed by atoms with Gasteiger partial charge in [-0.1, -0.05) is 246 Å². The summed E-state index contributed by atoms with van der Waals surface area (Å²) in [5, 5.41) is 0. The van der Waals surface area contributed by atoms with Gasteiger partial charge in [-0.3, -0.25) is 14.4 Å². The highest BCUT2D eigenvalue weighted by Gasteiger charge is 2.19. The van der Waals surface area contributed by atoms with E-state index in [-0.39, 0.29) is 31.1 Å². The third-order valence-electron chi connectivity index (χ3n) is 12.3. The fourth-order valence-electron chi connectivity index (χ4n) is 7.86. The van der Waals surface area contributed by atoms with E-state index in [2.05, 4.69) is 130 Å². The van der Waals surface area contributed by atoms with Crippen LogP contribution < -0.4 is 0 Å². The topological polar surface area (TPSA) is 78.9 Å². The SMILES string of the molecule is CC/C=C\C/C=C\C/C=C\C/C=C\C/C=C\C/C=C\C/C=C\C/C=C\CCCCCCCCCCCCC(=O)OCC(COC(=O)CCCCCCCC)OC(=O)CCCCCCC/C=C\CCCCC. The lowest BCUT2D eigenvalue weighted by Crippen LogP contribution is -2.30. The molecule has 404 valence electrons. The number of esters is 3. The van der Waals surface area contributed by atoms with Crippen LogP contribution in [0.3, 0.4) is 0 Å². The Kier molecular flexibility index (Phi) is 55.4. The number of rotatable bonds is 52. The zero-order valence-electron chi connectivity index (χ0n) is 46.2. The maximum Gasteiger partial charge on any atom is 0.306 e. The van der Waals surface area contributed by atoms with Gasteiger partial charge >= 0.3 is 17.9 Å². The maximum absolute atomic E-state index is 12.7. The van der Waals surface area contributed by atoms with Gasteiger partial charge in [0.2, 0.25) is 0 Å². The second kappa shape index (κ2) is 58.6. The predicted molar refractivity (Wildman–Crippen MR) is 307 cm³/mol. The number of carbonyl (C=O) groups is 3. The molecular formula is C65H108O6. The van der Waals surface area contributed by atoms with Crippen molar-refractivity contribution in [1.82, 2.24) is 0 Å². The van der Waals surface area contributed by atoms with Crippen molar-refractivity contribution in [2.45, 2.75) is 271 Å². The molecule has 0 rings (SSSR count). The van der Waals surface area contributed by atoms with Gasteiger partial charge in [0.25, 0.3) is 0 Å². The minimum absolute atomic E-state index is 0.0815. The van der Waals surface area contributed by atoms with Crippen molar-refractivity contribution in [3.05, 3.63) is 109 Å². The van der Waals surface area contributed by atoms with Crippen molar-refractivity contribution in [3.63, 3.8) is 0 Å². The van der Waals surface area contributed by atoms with Gasteiger partial charge in [-0.15, -0.1) is 0 Å². The number of ether oxygens (including phenoxy) is 3. The zero-order valence-corrected chi connectivity index (χ0v) is 46.2. The molecule has 6 nitrogen and oxygen atoms in total. The number of hydrogen-bond donors (Lipinski definition) is 0. The smallest absolute Gasteiger partial charge is 0.306 e. The summed E-state index contributed by atoms with van der Waals surface area (Å²) in [5.74, 6) is -0.906. The number of allylic oxidation sites excluding steroid dienone is 18. The average molecular weight is 986 g/mol. The molecule has 0 aromatic heterocycles. The van der Waals surface area contributed by atoms with Crippen LogP contribution in [0.4, 0.5) is 0 Å². The van der Waals surface area contributed by atoms with E-state index in [1.165, 1.54) is 103 Å². The fourth-order valence-corrected chi connectivity index (χ4v) is 7.86. The third kappa shape index (κ3) is 56.9. The Morgan fingerprint density at radius 3 is 0.901 bits per heavy atom. The van der Waals surface area contributed by atoms with Crippen molar-refractivity contribution in [1.29, 1.82) is 0 Å². The molecule has 0 heterocycles. The third-order valence-corrected chi connectivity index (χ3v) is 12.3. The molecule has 0 amide bonds. The lowest BCUT2D eigenvalue weighted by Gasteiger charge is -2.18. The molecule has 71 heavy (non-hydrogen) atoms. The molecule has 0 aliphatic heterocycles. The molecule has 0 aliphatic rings. The van der Waals surface area contributed by atoms with E-state index in [1.807, 2.05) is 0 Å². The molecule has 6 heteroatoms. The van der Waals surface area contributed by atoms with Gasteiger partial charge in [0.05, 0.1) is 0 Å². The summed E-state index contributed by atoms with van der Waals surface area (Å²) in [6, 6.07) is 0. The second-order valence-electron chi connectivity index (χ2n) is 19.2. The van der Waals surface area contributed by atoms with Crippen LogP contribution in [-0.4, -0.2) is 37.2 Å². The van der Waals surface area contributed by atoms with Gasteiger partial charge in [0, 0.05) is 19.3 Å². The Morgan fingerprint density at radius 1 is 0.296 bits per heavy atom. The summed E-state index contributed by atoms with van der Waals surface area (Å²) in [7, 11) is 0. The van der Waals surface area contributed by atoms with Gasteiger partial charge in [-0.25, -0.2) is 0 Å². The molecule has 0 N–H and O–H groups in total. The summed E-state index contributed by atoms with van der Waals surface area (Å²) >= 11 is 0. The number of hydrogen-bond acceptors (Lipinski definition) is 6. The molecular weight excluding hydrogens is 877 g/mol. The van der Waals surface area contributed by atoms with Crippen LogP contribution in [0, 0.1) is 0 Å². The summed E-state index contributed by atoms with van der Waals surface area (Å²) in [6.07, 6.45) is 79.8. The normalized spacial score (nSPS) is 12.9. The fraction of sp³-hybridized carbons (Fsp3) is 0.677. The van der Waals surface area contributed by atoms with Gasteiger partial charge in [-0.2, -0.15) is 0 Å². The van der Waals surface area contributed by atoms with Crippen LogP contribution in [-0.2, 0) is 28.6 Å². The molecule has 0 radical (unpaired) electrons. The number of unbranched alkanes of at least 4 members (excludes halogenated alkanes) is 23. The van der Waals surface area contributed by atoms with Crippen molar-refractivity contribution in [2.75, 3.05) is 13.2 Å². The molecule has 0 saturated heterocycles. The zero-order chi connectivity index (χ0) is 51.4. The summed E-state index contributed by atoms with van der Waals surface area (Å²) in [6.45, 7) is 6.42. The van der Waals surface area contributed by atoms with Gasteiger partial charge in [-0.05, 0) is 109 Å². The van der Waals surface area contributed by atoms with E-state index < -0.39 is 6.10 Å². The van der Waals surface area contributed by atoms with Gasteiger partial charge < -0.3 is 14.2 Å². The highest BCUT2D eigenvalue weighted by molar-refractivity contribution is 5.71.